The average molecular weight is 259 g/mol. The maximum atomic E-state index is 5.73. The van der Waals surface area contributed by atoms with Crippen molar-refractivity contribution < 1.29 is 0 Å². The molecule has 0 aromatic carbocycles. The molecule has 0 radical (unpaired) electrons. The third kappa shape index (κ3) is 2.42. The fourth-order valence-corrected chi connectivity index (χ4v) is 3.04. The van der Waals surface area contributed by atoms with Gasteiger partial charge in [-0.1, -0.05) is 0 Å². The fourth-order valence-electron chi connectivity index (χ4n) is 3.04. The Bertz CT molecular complexity index is 574. The zero-order valence-corrected chi connectivity index (χ0v) is 11.6. The van der Waals surface area contributed by atoms with E-state index in [4.69, 9.17) is 5.73 Å². The molecule has 0 amide bonds. The molecule has 5 nitrogen and oxygen atoms in total. The summed E-state index contributed by atoms with van der Waals surface area (Å²) in [5, 5.41) is 4.58. The van der Waals surface area contributed by atoms with Gasteiger partial charge in [-0.15, -0.1) is 0 Å². The second kappa shape index (κ2) is 4.81. The number of hydrogen-bond acceptors (Lipinski definition) is 4. The lowest BCUT2D eigenvalue weighted by Gasteiger charge is -2.27. The molecular formula is C14H21N5. The van der Waals surface area contributed by atoms with Gasteiger partial charge in [0.25, 0.3) is 0 Å². The van der Waals surface area contributed by atoms with Crippen LogP contribution in [-0.2, 0) is 6.42 Å². The molecule has 2 aromatic rings. The number of nitrogens with zero attached hydrogens (tertiary/aromatic N) is 4. The first kappa shape index (κ1) is 12.4. The Kier molecular flexibility index (Phi) is 3.14. The highest BCUT2D eigenvalue weighted by molar-refractivity contribution is 5.44. The maximum absolute atomic E-state index is 5.73. The molecule has 1 atom stereocenters. The second-order valence-electron chi connectivity index (χ2n) is 5.66. The zero-order valence-electron chi connectivity index (χ0n) is 11.6. The minimum atomic E-state index is 0.610. The Morgan fingerprint density at radius 3 is 3.11 bits per heavy atom. The molecule has 5 heteroatoms. The number of fused-ring (bicyclic) bond motifs is 1. The predicted molar refractivity (Wildman–Crippen MR) is 76.0 cm³/mol. The van der Waals surface area contributed by atoms with Crippen molar-refractivity contribution in [3.05, 3.63) is 24.2 Å². The van der Waals surface area contributed by atoms with E-state index in [1.165, 1.54) is 19.4 Å². The van der Waals surface area contributed by atoms with Crippen LogP contribution < -0.4 is 5.73 Å². The number of hydrogen-bond donors (Lipinski definition) is 1. The SMILES string of the molecule is CC(C)N1CCCC1Cc1cc2ncc(N)cn2n1. The first-order valence-corrected chi connectivity index (χ1v) is 6.99. The maximum Gasteiger partial charge on any atom is 0.155 e. The molecule has 3 heterocycles. The summed E-state index contributed by atoms with van der Waals surface area (Å²) < 4.78 is 1.78. The summed E-state index contributed by atoms with van der Waals surface area (Å²) >= 11 is 0. The molecule has 0 aliphatic carbocycles. The Morgan fingerprint density at radius 1 is 1.47 bits per heavy atom. The third-order valence-corrected chi connectivity index (χ3v) is 3.91. The number of anilines is 1. The van der Waals surface area contributed by atoms with Crippen molar-refractivity contribution in [3.8, 4) is 0 Å². The standard InChI is InChI=1S/C14H21N5/c1-10(2)18-5-3-4-13(18)6-12-7-14-16-8-11(15)9-19(14)17-12/h7-10,13H,3-6,15H2,1-2H3. The van der Waals surface area contributed by atoms with Crippen LogP contribution in [0.3, 0.4) is 0 Å². The van der Waals surface area contributed by atoms with Crippen LogP contribution in [0.1, 0.15) is 32.4 Å². The molecule has 2 aromatic heterocycles. The van der Waals surface area contributed by atoms with E-state index in [0.29, 0.717) is 17.8 Å². The summed E-state index contributed by atoms with van der Waals surface area (Å²) in [5.74, 6) is 0. The van der Waals surface area contributed by atoms with Crippen LogP contribution in [0, 0.1) is 0 Å². The molecule has 19 heavy (non-hydrogen) atoms. The molecule has 1 fully saturated rings. The van der Waals surface area contributed by atoms with Crippen LogP contribution in [0.4, 0.5) is 5.69 Å². The van der Waals surface area contributed by atoms with Gasteiger partial charge in [0.2, 0.25) is 0 Å². The van der Waals surface area contributed by atoms with Gasteiger partial charge in [-0.05, 0) is 33.2 Å². The number of rotatable bonds is 3. The van der Waals surface area contributed by atoms with Crippen molar-refractivity contribution in [1.82, 2.24) is 19.5 Å². The monoisotopic (exact) mass is 259 g/mol. The largest absolute Gasteiger partial charge is 0.396 e. The van der Waals surface area contributed by atoms with E-state index < -0.39 is 0 Å². The first-order valence-electron chi connectivity index (χ1n) is 6.99. The van der Waals surface area contributed by atoms with Gasteiger partial charge in [-0.25, -0.2) is 9.50 Å². The van der Waals surface area contributed by atoms with Crippen LogP contribution >= 0.6 is 0 Å². The summed E-state index contributed by atoms with van der Waals surface area (Å²) in [4.78, 5) is 6.87. The van der Waals surface area contributed by atoms with Gasteiger partial charge < -0.3 is 5.73 Å². The van der Waals surface area contributed by atoms with Crippen LogP contribution in [0.15, 0.2) is 18.5 Å². The number of nitrogens with two attached hydrogens (primary N) is 1. The molecule has 1 saturated heterocycles. The van der Waals surface area contributed by atoms with Crippen LogP contribution in [-0.4, -0.2) is 38.1 Å². The van der Waals surface area contributed by atoms with Crippen molar-refractivity contribution in [2.24, 2.45) is 0 Å². The number of aromatic nitrogens is 3. The van der Waals surface area contributed by atoms with E-state index in [2.05, 4.69) is 34.9 Å². The lowest BCUT2D eigenvalue weighted by Crippen LogP contribution is -2.36. The van der Waals surface area contributed by atoms with Gasteiger partial charge in [0, 0.05) is 24.6 Å². The van der Waals surface area contributed by atoms with Crippen molar-refractivity contribution in [2.45, 2.75) is 45.2 Å². The second-order valence-corrected chi connectivity index (χ2v) is 5.66. The highest BCUT2D eigenvalue weighted by Crippen LogP contribution is 2.23. The highest BCUT2D eigenvalue weighted by atomic mass is 15.3. The molecule has 1 aliphatic rings. The smallest absolute Gasteiger partial charge is 0.155 e. The number of nitrogen functional groups attached to an aromatic ring is 1. The molecule has 0 bridgehead atoms. The molecule has 1 aliphatic heterocycles. The van der Waals surface area contributed by atoms with Crippen LogP contribution in [0.5, 0.6) is 0 Å². The first-order chi connectivity index (χ1) is 9.13. The third-order valence-electron chi connectivity index (χ3n) is 3.91. The quantitative estimate of drug-likeness (QED) is 0.912. The summed E-state index contributed by atoms with van der Waals surface area (Å²) in [6.07, 6.45) is 7.06. The molecule has 1 unspecified atom stereocenters. The fraction of sp³-hybridized carbons (Fsp3) is 0.571. The van der Waals surface area contributed by atoms with Gasteiger partial charge in [0.1, 0.15) is 0 Å². The van der Waals surface area contributed by atoms with Crippen molar-refractivity contribution >= 4 is 11.3 Å². The zero-order chi connectivity index (χ0) is 13.4. The van der Waals surface area contributed by atoms with Crippen molar-refractivity contribution in [1.29, 1.82) is 0 Å². The van der Waals surface area contributed by atoms with Gasteiger partial charge in [-0.2, -0.15) is 5.10 Å². The average Bonchev–Trinajstić information content (AvgIpc) is 2.95. The van der Waals surface area contributed by atoms with E-state index in [9.17, 15) is 0 Å². The molecular weight excluding hydrogens is 238 g/mol. The summed E-state index contributed by atoms with van der Waals surface area (Å²) in [7, 11) is 0. The molecule has 102 valence electrons. The number of likely N-dealkylation sites (tertiary alicyclic amines) is 1. The van der Waals surface area contributed by atoms with Crippen molar-refractivity contribution in [3.63, 3.8) is 0 Å². The topological polar surface area (TPSA) is 59.5 Å². The molecule has 0 spiro atoms. The van der Waals surface area contributed by atoms with E-state index in [-0.39, 0.29) is 0 Å². The highest BCUT2D eigenvalue weighted by Gasteiger charge is 2.27. The van der Waals surface area contributed by atoms with Crippen molar-refractivity contribution in [2.75, 3.05) is 12.3 Å². The predicted octanol–water partition coefficient (Wildman–Crippen LogP) is 1.73. The Labute approximate surface area is 113 Å². The minimum Gasteiger partial charge on any atom is -0.396 e. The van der Waals surface area contributed by atoms with E-state index in [1.54, 1.807) is 10.7 Å². The molecule has 3 rings (SSSR count). The van der Waals surface area contributed by atoms with Crippen LogP contribution in [0.2, 0.25) is 0 Å². The van der Waals surface area contributed by atoms with Gasteiger partial charge in [0.15, 0.2) is 5.65 Å². The lowest BCUT2D eigenvalue weighted by molar-refractivity contribution is 0.202. The van der Waals surface area contributed by atoms with Gasteiger partial charge in [0.05, 0.1) is 23.8 Å². The Hall–Kier alpha value is -1.62. The summed E-state index contributed by atoms with van der Waals surface area (Å²) in [5.41, 5.74) is 8.35. The van der Waals surface area contributed by atoms with E-state index >= 15 is 0 Å². The molecule has 2 N–H and O–H groups in total. The van der Waals surface area contributed by atoms with E-state index in [1.807, 2.05) is 6.20 Å². The summed E-state index contributed by atoms with van der Waals surface area (Å²) in [6.45, 7) is 5.75. The lowest BCUT2D eigenvalue weighted by atomic mass is 10.1. The molecule has 0 saturated carbocycles. The normalized spacial score (nSPS) is 20.7. The van der Waals surface area contributed by atoms with E-state index in [0.717, 1.165) is 17.8 Å². The van der Waals surface area contributed by atoms with Crippen LogP contribution in [0.25, 0.3) is 5.65 Å². The summed E-state index contributed by atoms with van der Waals surface area (Å²) in [6, 6.07) is 3.29. The van der Waals surface area contributed by atoms with Gasteiger partial charge >= 0.3 is 0 Å². The van der Waals surface area contributed by atoms with Gasteiger partial charge in [-0.3, -0.25) is 4.90 Å². The Balaban J connectivity index is 1.81. The Morgan fingerprint density at radius 2 is 2.32 bits per heavy atom. The minimum absolute atomic E-state index is 0.610.